The van der Waals surface area contributed by atoms with Gasteiger partial charge in [-0.05, 0) is 12.8 Å². The Bertz CT molecular complexity index is 1070. The van der Waals surface area contributed by atoms with Crippen LogP contribution in [-0.2, 0) is 32.0 Å². The van der Waals surface area contributed by atoms with Crippen molar-refractivity contribution < 1.29 is 29.4 Å². The number of aliphatic hydroxyl groups is 1. The Morgan fingerprint density at radius 2 is 1.42 bits per heavy atom. The van der Waals surface area contributed by atoms with Gasteiger partial charge in [0.2, 0.25) is 17.7 Å². The van der Waals surface area contributed by atoms with Gasteiger partial charge < -0.3 is 53.3 Å². The number of aromatic nitrogens is 4. The van der Waals surface area contributed by atoms with Crippen LogP contribution in [0.5, 0.6) is 0 Å². The van der Waals surface area contributed by atoms with Crippen molar-refractivity contribution in [3.05, 3.63) is 36.4 Å². The normalized spacial score (nSPS) is 13.9. The quantitative estimate of drug-likeness (QED) is 0.0558. The highest BCUT2D eigenvalue weighted by atomic mass is 16.4. The number of carboxylic acid groups (broad SMARTS) is 1. The highest BCUT2D eigenvalue weighted by molar-refractivity contribution is 5.94. The van der Waals surface area contributed by atoms with Gasteiger partial charge in [0.15, 0.2) is 5.96 Å². The molecule has 208 valence electrons. The number of amides is 3. The molecule has 3 amide bonds. The molecular formula is C21H33N11O6. The second-order valence-electron chi connectivity index (χ2n) is 8.32. The standard InChI is InChI=1S/C21H33N11O6/c22-13(8-33)17(34)30-14(2-1-3-27-21(23)24)18(35)31-15(4-11-6-25-9-28-11)19(36)32-16(20(37)38)5-12-7-26-10-29-12/h6-7,9-10,13-16,33H,1-5,8,22H2,(H,25,28)(H,26,29)(H,30,34)(H,31,35)(H,32,36)(H,37,38)(H4,23,24,27). The van der Waals surface area contributed by atoms with Crippen molar-refractivity contribution in [1.82, 2.24) is 35.9 Å². The smallest absolute Gasteiger partial charge is 0.326 e. The molecule has 17 nitrogen and oxygen atoms in total. The van der Waals surface area contributed by atoms with E-state index in [4.69, 9.17) is 22.3 Å². The van der Waals surface area contributed by atoms with Crippen molar-refractivity contribution in [2.75, 3.05) is 13.2 Å². The van der Waals surface area contributed by atoms with Crippen LogP contribution in [0.25, 0.3) is 0 Å². The van der Waals surface area contributed by atoms with E-state index in [-0.39, 0.29) is 38.2 Å². The lowest BCUT2D eigenvalue weighted by atomic mass is 10.1. The largest absolute Gasteiger partial charge is 0.480 e. The van der Waals surface area contributed by atoms with E-state index in [2.05, 4.69) is 40.9 Å². The summed E-state index contributed by atoms with van der Waals surface area (Å²) < 4.78 is 0. The topological polar surface area (TPSA) is 293 Å². The van der Waals surface area contributed by atoms with E-state index in [1.165, 1.54) is 25.0 Å². The Kier molecular flexibility index (Phi) is 11.7. The van der Waals surface area contributed by atoms with Crippen LogP contribution >= 0.6 is 0 Å². The summed E-state index contributed by atoms with van der Waals surface area (Å²) in [6, 6.07) is -4.99. The number of carboxylic acids is 1. The first kappa shape index (κ1) is 29.7. The Labute approximate surface area is 217 Å². The summed E-state index contributed by atoms with van der Waals surface area (Å²) in [5, 5.41) is 26.2. The zero-order chi connectivity index (χ0) is 28.1. The average molecular weight is 536 g/mol. The number of aromatic amines is 2. The Morgan fingerprint density at radius 1 is 0.895 bits per heavy atom. The predicted molar refractivity (Wildman–Crippen MR) is 133 cm³/mol. The van der Waals surface area contributed by atoms with Crippen molar-refractivity contribution in [3.63, 3.8) is 0 Å². The highest BCUT2D eigenvalue weighted by Gasteiger charge is 2.31. The number of carbonyl (C=O) groups is 4. The SMILES string of the molecule is NC(N)=NCCCC(NC(=O)C(N)CO)C(=O)NC(Cc1cnc[nH]1)C(=O)NC(Cc1cnc[nH]1)C(=O)O. The number of nitrogens with zero attached hydrogens (tertiary/aromatic N) is 3. The Hall–Kier alpha value is -4.51. The molecule has 0 saturated carbocycles. The Morgan fingerprint density at radius 3 is 1.92 bits per heavy atom. The van der Waals surface area contributed by atoms with Gasteiger partial charge in [0, 0.05) is 43.2 Å². The Balaban J connectivity index is 2.19. The molecule has 0 fully saturated rings. The van der Waals surface area contributed by atoms with Crippen LogP contribution in [0.3, 0.4) is 0 Å². The molecule has 4 atom stereocenters. The molecule has 17 heteroatoms. The number of carbonyl (C=O) groups excluding carboxylic acids is 3. The van der Waals surface area contributed by atoms with Crippen LogP contribution in [0.4, 0.5) is 0 Å². The molecule has 2 aromatic rings. The maximum absolute atomic E-state index is 13.2. The van der Waals surface area contributed by atoms with E-state index in [0.29, 0.717) is 11.4 Å². The van der Waals surface area contributed by atoms with Crippen molar-refractivity contribution >= 4 is 29.7 Å². The molecule has 0 aliphatic rings. The third-order valence-electron chi connectivity index (χ3n) is 5.32. The summed E-state index contributed by atoms with van der Waals surface area (Å²) in [4.78, 5) is 67.5. The molecule has 0 radical (unpaired) electrons. The molecule has 2 aromatic heterocycles. The molecule has 2 heterocycles. The first-order chi connectivity index (χ1) is 18.1. The maximum atomic E-state index is 13.2. The third kappa shape index (κ3) is 9.86. The summed E-state index contributed by atoms with van der Waals surface area (Å²) in [5.74, 6) is -3.74. The number of nitrogens with one attached hydrogen (secondary N) is 5. The zero-order valence-corrected chi connectivity index (χ0v) is 20.5. The molecule has 0 aliphatic carbocycles. The van der Waals surface area contributed by atoms with Gasteiger partial charge in [-0.15, -0.1) is 0 Å². The molecule has 13 N–H and O–H groups in total. The van der Waals surface area contributed by atoms with Crippen LogP contribution in [0.15, 0.2) is 30.0 Å². The monoisotopic (exact) mass is 535 g/mol. The number of nitrogens with two attached hydrogens (primary N) is 3. The lowest BCUT2D eigenvalue weighted by Crippen LogP contribution is -2.58. The fourth-order valence-corrected chi connectivity index (χ4v) is 3.32. The number of aliphatic hydroxyl groups excluding tert-OH is 1. The highest BCUT2D eigenvalue weighted by Crippen LogP contribution is 2.06. The zero-order valence-electron chi connectivity index (χ0n) is 20.5. The van der Waals surface area contributed by atoms with Crippen molar-refractivity contribution in [3.8, 4) is 0 Å². The molecular weight excluding hydrogens is 502 g/mol. The summed E-state index contributed by atoms with van der Waals surface area (Å²) in [6.07, 6.45) is 5.86. The number of hydrogen-bond acceptors (Lipinski definition) is 9. The van der Waals surface area contributed by atoms with Crippen molar-refractivity contribution in [2.24, 2.45) is 22.2 Å². The molecule has 0 saturated heterocycles. The van der Waals surface area contributed by atoms with E-state index in [0.717, 1.165) is 0 Å². The number of aliphatic imine (C=N–C) groups is 1. The van der Waals surface area contributed by atoms with Crippen molar-refractivity contribution in [2.45, 2.75) is 49.9 Å². The summed E-state index contributed by atoms with van der Waals surface area (Å²) >= 11 is 0. The fraction of sp³-hybridized carbons (Fsp3) is 0.476. The molecule has 2 rings (SSSR count). The molecule has 0 spiro atoms. The van der Waals surface area contributed by atoms with Crippen LogP contribution < -0.4 is 33.2 Å². The second-order valence-corrected chi connectivity index (χ2v) is 8.32. The second kappa shape index (κ2) is 14.9. The minimum Gasteiger partial charge on any atom is -0.480 e. The average Bonchev–Trinajstić information content (AvgIpc) is 3.58. The van der Waals surface area contributed by atoms with E-state index in [1.807, 2.05) is 0 Å². The lowest BCUT2D eigenvalue weighted by Gasteiger charge is -2.25. The molecule has 0 bridgehead atoms. The number of imidazole rings is 2. The minimum atomic E-state index is -1.32. The van der Waals surface area contributed by atoms with Crippen molar-refractivity contribution in [1.29, 1.82) is 0 Å². The van der Waals surface area contributed by atoms with E-state index >= 15 is 0 Å². The number of aliphatic carboxylic acids is 1. The molecule has 4 unspecified atom stereocenters. The van der Waals surface area contributed by atoms with Gasteiger partial charge in [-0.2, -0.15) is 0 Å². The summed E-state index contributed by atoms with van der Waals surface area (Å²) in [5.41, 5.74) is 17.1. The van der Waals surface area contributed by atoms with E-state index in [9.17, 15) is 24.3 Å². The van der Waals surface area contributed by atoms with Crippen LogP contribution in [-0.4, -0.2) is 97.1 Å². The molecule has 38 heavy (non-hydrogen) atoms. The third-order valence-corrected chi connectivity index (χ3v) is 5.32. The van der Waals surface area contributed by atoms with E-state index in [1.54, 1.807) is 0 Å². The minimum absolute atomic E-state index is 0.0568. The molecule has 0 aliphatic heterocycles. The first-order valence-electron chi connectivity index (χ1n) is 11.6. The fourth-order valence-electron chi connectivity index (χ4n) is 3.32. The first-order valence-corrected chi connectivity index (χ1v) is 11.6. The van der Waals surface area contributed by atoms with Gasteiger partial charge >= 0.3 is 5.97 Å². The summed E-state index contributed by atoms with van der Waals surface area (Å²) in [6.45, 7) is -0.480. The number of hydrogen-bond donors (Lipinski definition) is 10. The van der Waals surface area contributed by atoms with Gasteiger partial charge in [-0.1, -0.05) is 0 Å². The van der Waals surface area contributed by atoms with Gasteiger partial charge in [-0.25, -0.2) is 14.8 Å². The maximum Gasteiger partial charge on any atom is 0.326 e. The summed E-state index contributed by atoms with van der Waals surface area (Å²) in [7, 11) is 0. The van der Waals surface area contributed by atoms with Crippen LogP contribution in [0.2, 0.25) is 0 Å². The van der Waals surface area contributed by atoms with Gasteiger partial charge in [0.25, 0.3) is 0 Å². The number of guanidine groups is 1. The van der Waals surface area contributed by atoms with Gasteiger partial charge in [0.05, 0.1) is 19.3 Å². The van der Waals surface area contributed by atoms with Crippen LogP contribution in [0, 0.1) is 0 Å². The number of rotatable bonds is 16. The number of H-pyrrole nitrogens is 2. The van der Waals surface area contributed by atoms with Crippen LogP contribution in [0.1, 0.15) is 24.2 Å². The lowest BCUT2D eigenvalue weighted by molar-refractivity contribution is -0.142. The van der Waals surface area contributed by atoms with Gasteiger partial charge in [-0.3, -0.25) is 19.4 Å². The predicted octanol–water partition coefficient (Wildman–Crippen LogP) is -4.17. The molecule has 0 aromatic carbocycles. The van der Waals surface area contributed by atoms with E-state index < -0.39 is 54.5 Å². The van der Waals surface area contributed by atoms with Gasteiger partial charge in [0.1, 0.15) is 24.2 Å².